The third-order valence-electron chi connectivity index (χ3n) is 2.60. The summed E-state index contributed by atoms with van der Waals surface area (Å²) in [6, 6.07) is 0.414. The van der Waals surface area contributed by atoms with Gasteiger partial charge in [0.2, 0.25) is 0 Å². The van der Waals surface area contributed by atoms with Gasteiger partial charge in [-0.05, 0) is 6.42 Å². The number of ether oxygens (including phenoxy) is 1. The minimum atomic E-state index is -0.334. The Bertz CT molecular complexity index is 201. The molecule has 0 bridgehead atoms. The fourth-order valence-electron chi connectivity index (χ4n) is 1.71. The van der Waals surface area contributed by atoms with E-state index in [1.807, 2.05) is 5.59 Å². The van der Waals surface area contributed by atoms with Gasteiger partial charge in [0, 0.05) is 19.1 Å². The number of hydrogen-bond donors (Lipinski definition) is 2. The molecule has 3 N–H and O–H groups in total. The lowest BCUT2D eigenvalue weighted by molar-refractivity contribution is -0.152. The number of hydrogen-bond acceptors (Lipinski definition) is 6. The summed E-state index contributed by atoms with van der Waals surface area (Å²) in [7, 11) is 0. The van der Waals surface area contributed by atoms with E-state index in [0.29, 0.717) is 19.0 Å². The Morgan fingerprint density at radius 2 is 2.53 bits per heavy atom. The molecule has 1 atom stereocenters. The highest BCUT2D eigenvalue weighted by Crippen LogP contribution is 2.10. The zero-order chi connectivity index (χ0) is 11.1. The summed E-state index contributed by atoms with van der Waals surface area (Å²) in [4.78, 5) is 17.7. The molecule has 1 saturated heterocycles. The van der Waals surface area contributed by atoms with Crippen LogP contribution in [0.5, 0.6) is 0 Å². The lowest BCUT2D eigenvalue weighted by Crippen LogP contribution is -2.46. The van der Waals surface area contributed by atoms with Gasteiger partial charge in [-0.2, -0.15) is 0 Å². The minimum absolute atomic E-state index is 0.334. The molecule has 0 aromatic heterocycles. The quantitative estimate of drug-likeness (QED) is 0.473. The van der Waals surface area contributed by atoms with E-state index < -0.39 is 0 Å². The fraction of sp³-hybridized carbons (Fsp3) is 0.889. The first kappa shape index (κ1) is 12.4. The summed E-state index contributed by atoms with van der Waals surface area (Å²) in [5.74, 6) is 4.53. The first-order valence-electron chi connectivity index (χ1n) is 5.25. The fourth-order valence-corrected chi connectivity index (χ4v) is 1.71. The van der Waals surface area contributed by atoms with Gasteiger partial charge in [0.15, 0.2) is 0 Å². The second-order valence-corrected chi connectivity index (χ2v) is 3.51. The molecule has 1 unspecified atom stereocenters. The van der Waals surface area contributed by atoms with E-state index in [1.54, 1.807) is 0 Å². The van der Waals surface area contributed by atoms with E-state index in [0.717, 1.165) is 26.2 Å². The molecule has 6 nitrogen and oxygen atoms in total. The highest BCUT2D eigenvalue weighted by atomic mass is 16.7. The highest BCUT2D eigenvalue weighted by Gasteiger charge is 2.21. The monoisotopic (exact) mass is 217 g/mol. The van der Waals surface area contributed by atoms with Crippen molar-refractivity contribution in [2.45, 2.75) is 25.8 Å². The second kappa shape index (κ2) is 6.73. The maximum Gasteiger partial charge on any atom is 0.327 e. The number of rotatable bonds is 5. The summed E-state index contributed by atoms with van der Waals surface area (Å²) < 4.78 is 5.37. The van der Waals surface area contributed by atoms with Crippen LogP contribution in [0.25, 0.3) is 0 Å². The van der Waals surface area contributed by atoms with Crippen LogP contribution in [0.4, 0.5) is 0 Å². The van der Waals surface area contributed by atoms with Gasteiger partial charge in [0.1, 0.15) is 0 Å². The van der Waals surface area contributed by atoms with Crippen LogP contribution in [0, 0.1) is 0 Å². The zero-order valence-electron chi connectivity index (χ0n) is 9.07. The standard InChI is InChI=1S/C9H19N3O3/c1-2-8-7-14-6-5-12(8)4-3-9(13)15-11-10/h8,11H,2-7,10H2,1H3. The van der Waals surface area contributed by atoms with Crippen molar-refractivity contribution < 1.29 is 14.4 Å². The molecule has 1 heterocycles. The summed E-state index contributed by atoms with van der Waals surface area (Å²) in [5.41, 5.74) is 1.89. The predicted molar refractivity (Wildman–Crippen MR) is 54.5 cm³/mol. The molecule has 0 aromatic rings. The normalized spacial score (nSPS) is 22.7. The van der Waals surface area contributed by atoms with Gasteiger partial charge in [0.25, 0.3) is 0 Å². The minimum Gasteiger partial charge on any atom is -0.378 e. The molecule has 6 heteroatoms. The Labute approximate surface area is 89.6 Å². The Kier molecular flexibility index (Phi) is 5.56. The van der Waals surface area contributed by atoms with Crippen LogP contribution in [0.3, 0.4) is 0 Å². The summed E-state index contributed by atoms with van der Waals surface area (Å²) >= 11 is 0. The third-order valence-corrected chi connectivity index (χ3v) is 2.60. The van der Waals surface area contributed by atoms with Gasteiger partial charge >= 0.3 is 5.97 Å². The summed E-state index contributed by atoms with van der Waals surface area (Å²) in [6.07, 6.45) is 1.38. The smallest absolute Gasteiger partial charge is 0.327 e. The van der Waals surface area contributed by atoms with Crippen molar-refractivity contribution in [3.8, 4) is 0 Å². The molecule has 1 aliphatic heterocycles. The van der Waals surface area contributed by atoms with E-state index in [4.69, 9.17) is 10.6 Å². The SMILES string of the molecule is CCC1COCCN1CCC(=O)ONN. The molecule has 0 aliphatic carbocycles. The van der Waals surface area contributed by atoms with Crippen LogP contribution in [0.2, 0.25) is 0 Å². The van der Waals surface area contributed by atoms with Gasteiger partial charge in [-0.1, -0.05) is 12.5 Å². The number of carbonyl (C=O) groups excluding carboxylic acids is 1. The van der Waals surface area contributed by atoms with E-state index in [1.165, 1.54) is 0 Å². The Balaban J connectivity index is 2.26. The second-order valence-electron chi connectivity index (χ2n) is 3.51. The molecular formula is C9H19N3O3. The number of carbonyl (C=O) groups is 1. The lowest BCUT2D eigenvalue weighted by atomic mass is 10.1. The van der Waals surface area contributed by atoms with Crippen LogP contribution >= 0.6 is 0 Å². The summed E-state index contributed by atoms with van der Waals surface area (Å²) in [5, 5.41) is 0. The molecule has 1 rings (SSSR count). The van der Waals surface area contributed by atoms with E-state index in [2.05, 4.69) is 16.7 Å². The summed E-state index contributed by atoms with van der Waals surface area (Å²) in [6.45, 7) is 5.18. The number of morpholine rings is 1. The van der Waals surface area contributed by atoms with Crippen LogP contribution in [-0.4, -0.2) is 43.2 Å². The van der Waals surface area contributed by atoms with E-state index in [9.17, 15) is 4.79 Å². The molecule has 0 radical (unpaired) electrons. The van der Waals surface area contributed by atoms with Crippen LogP contribution < -0.4 is 11.4 Å². The number of nitrogens with two attached hydrogens (primary N) is 1. The molecule has 1 fully saturated rings. The molecule has 88 valence electrons. The van der Waals surface area contributed by atoms with Crippen molar-refractivity contribution in [3.63, 3.8) is 0 Å². The first-order chi connectivity index (χ1) is 7.27. The zero-order valence-corrected chi connectivity index (χ0v) is 9.07. The molecule has 15 heavy (non-hydrogen) atoms. The van der Waals surface area contributed by atoms with Gasteiger partial charge in [0.05, 0.1) is 19.6 Å². The Morgan fingerprint density at radius 1 is 1.73 bits per heavy atom. The molecule has 0 aromatic carbocycles. The maximum absolute atomic E-state index is 11.1. The Morgan fingerprint density at radius 3 is 3.20 bits per heavy atom. The van der Waals surface area contributed by atoms with E-state index >= 15 is 0 Å². The van der Waals surface area contributed by atoms with Gasteiger partial charge in [-0.25, -0.2) is 5.84 Å². The average molecular weight is 217 g/mol. The predicted octanol–water partition coefficient (Wildman–Crippen LogP) is -0.591. The van der Waals surface area contributed by atoms with Gasteiger partial charge < -0.3 is 9.57 Å². The Hall–Kier alpha value is -0.690. The molecule has 0 amide bonds. The molecule has 0 saturated carbocycles. The van der Waals surface area contributed by atoms with Crippen LogP contribution in [0.15, 0.2) is 0 Å². The van der Waals surface area contributed by atoms with Crippen LogP contribution in [-0.2, 0) is 14.4 Å². The van der Waals surface area contributed by atoms with Crippen molar-refractivity contribution in [3.05, 3.63) is 0 Å². The average Bonchev–Trinajstić information content (AvgIpc) is 2.27. The van der Waals surface area contributed by atoms with Crippen molar-refractivity contribution in [2.24, 2.45) is 5.84 Å². The van der Waals surface area contributed by atoms with E-state index in [-0.39, 0.29) is 5.97 Å². The van der Waals surface area contributed by atoms with Gasteiger partial charge in [-0.3, -0.25) is 9.69 Å². The number of hydrazine groups is 1. The van der Waals surface area contributed by atoms with Crippen molar-refractivity contribution in [1.82, 2.24) is 10.5 Å². The topological polar surface area (TPSA) is 76.8 Å². The van der Waals surface area contributed by atoms with Crippen LogP contribution in [0.1, 0.15) is 19.8 Å². The number of nitrogens with one attached hydrogen (secondary N) is 1. The first-order valence-corrected chi connectivity index (χ1v) is 5.25. The lowest BCUT2D eigenvalue weighted by Gasteiger charge is -2.34. The highest BCUT2D eigenvalue weighted by molar-refractivity contribution is 5.69. The van der Waals surface area contributed by atoms with Crippen molar-refractivity contribution in [2.75, 3.05) is 26.3 Å². The number of nitrogens with zero attached hydrogens (tertiary/aromatic N) is 1. The maximum atomic E-state index is 11.1. The van der Waals surface area contributed by atoms with Crippen molar-refractivity contribution in [1.29, 1.82) is 0 Å². The molecule has 0 spiro atoms. The molecule has 1 aliphatic rings. The third kappa shape index (κ3) is 4.13. The van der Waals surface area contributed by atoms with Crippen molar-refractivity contribution >= 4 is 5.97 Å². The molecular weight excluding hydrogens is 198 g/mol. The van der Waals surface area contributed by atoms with Gasteiger partial charge in [-0.15, -0.1) is 0 Å². The largest absolute Gasteiger partial charge is 0.378 e.